The van der Waals surface area contributed by atoms with Gasteiger partial charge < -0.3 is 10.1 Å². The summed E-state index contributed by atoms with van der Waals surface area (Å²) in [7, 11) is -3.76. The lowest BCUT2D eigenvalue weighted by molar-refractivity contribution is 0.0696. The molecule has 0 fully saturated rings. The number of aromatic amines is 1. The minimum Gasteiger partial charge on any atom is -0.478 e. The van der Waals surface area contributed by atoms with Gasteiger partial charge in [-0.25, -0.2) is 13.2 Å². The third-order valence-corrected chi connectivity index (χ3v) is 4.62. The number of H-pyrrole nitrogens is 1. The lowest BCUT2D eigenvalue weighted by atomic mass is 10.2. The highest BCUT2D eigenvalue weighted by Gasteiger charge is 2.15. The van der Waals surface area contributed by atoms with E-state index in [-0.39, 0.29) is 10.5 Å². The molecule has 0 aliphatic rings. The molecular weight excluding hydrogens is 304 g/mol. The SMILES string of the molecule is O=C(O)c1ccc(S(=O)(=O)Nc2ccc3cc[nH]c3c2)cc1. The van der Waals surface area contributed by atoms with E-state index in [4.69, 9.17) is 5.11 Å². The Morgan fingerprint density at radius 3 is 2.45 bits per heavy atom. The number of carbonyl (C=O) groups is 1. The first kappa shape index (κ1) is 14.2. The van der Waals surface area contributed by atoms with E-state index >= 15 is 0 Å². The van der Waals surface area contributed by atoms with Gasteiger partial charge in [0, 0.05) is 11.7 Å². The van der Waals surface area contributed by atoms with Crippen LogP contribution in [0.3, 0.4) is 0 Å². The van der Waals surface area contributed by atoms with Crippen LogP contribution < -0.4 is 4.72 Å². The number of benzene rings is 2. The number of carboxylic acid groups (broad SMARTS) is 1. The summed E-state index contributed by atoms with van der Waals surface area (Å²) in [6, 6.07) is 12.1. The molecule has 0 spiro atoms. The Kier molecular flexibility index (Phi) is 3.34. The van der Waals surface area contributed by atoms with E-state index in [1.165, 1.54) is 24.3 Å². The number of hydrogen-bond acceptors (Lipinski definition) is 3. The summed E-state index contributed by atoms with van der Waals surface area (Å²) in [5, 5.41) is 9.81. The van der Waals surface area contributed by atoms with Crippen molar-refractivity contribution < 1.29 is 18.3 Å². The smallest absolute Gasteiger partial charge is 0.335 e. The second-order valence-corrected chi connectivity index (χ2v) is 6.40. The Balaban J connectivity index is 1.90. The van der Waals surface area contributed by atoms with Crippen molar-refractivity contribution in [2.24, 2.45) is 0 Å². The Labute approximate surface area is 126 Å². The first-order valence-electron chi connectivity index (χ1n) is 6.39. The lowest BCUT2D eigenvalue weighted by Gasteiger charge is -2.08. The van der Waals surface area contributed by atoms with E-state index < -0.39 is 16.0 Å². The predicted molar refractivity (Wildman–Crippen MR) is 82.5 cm³/mol. The molecule has 0 aliphatic heterocycles. The fourth-order valence-corrected chi connectivity index (χ4v) is 3.15. The van der Waals surface area contributed by atoms with Crippen molar-refractivity contribution in [3.63, 3.8) is 0 Å². The van der Waals surface area contributed by atoms with E-state index in [1.807, 2.05) is 6.07 Å². The molecule has 2 aromatic carbocycles. The van der Waals surface area contributed by atoms with Gasteiger partial charge in [0.05, 0.1) is 16.1 Å². The molecule has 1 heterocycles. The van der Waals surface area contributed by atoms with E-state index in [9.17, 15) is 13.2 Å². The van der Waals surface area contributed by atoms with Gasteiger partial charge >= 0.3 is 5.97 Å². The second-order valence-electron chi connectivity index (χ2n) is 4.71. The molecule has 0 atom stereocenters. The van der Waals surface area contributed by atoms with Gasteiger partial charge in [0.2, 0.25) is 0 Å². The summed E-state index contributed by atoms with van der Waals surface area (Å²) in [5.41, 5.74) is 1.28. The summed E-state index contributed by atoms with van der Waals surface area (Å²) in [5.74, 6) is -1.10. The van der Waals surface area contributed by atoms with Crippen molar-refractivity contribution in [2.45, 2.75) is 4.90 Å². The van der Waals surface area contributed by atoms with Gasteiger partial charge in [0.1, 0.15) is 0 Å². The largest absolute Gasteiger partial charge is 0.478 e. The highest BCUT2D eigenvalue weighted by atomic mass is 32.2. The number of carboxylic acids is 1. The topological polar surface area (TPSA) is 99.3 Å². The number of nitrogens with one attached hydrogen (secondary N) is 2. The minimum atomic E-state index is -3.76. The Hall–Kier alpha value is -2.80. The van der Waals surface area contributed by atoms with Crippen LogP contribution in [0.15, 0.2) is 59.6 Å². The van der Waals surface area contributed by atoms with Crippen LogP contribution in [-0.4, -0.2) is 24.5 Å². The van der Waals surface area contributed by atoms with Crippen LogP contribution in [-0.2, 0) is 10.0 Å². The Bertz CT molecular complexity index is 943. The highest BCUT2D eigenvalue weighted by molar-refractivity contribution is 7.92. The molecular formula is C15H12N2O4S. The quantitative estimate of drug-likeness (QED) is 0.689. The zero-order valence-corrected chi connectivity index (χ0v) is 12.1. The minimum absolute atomic E-state index is 0.00378. The summed E-state index contributed by atoms with van der Waals surface area (Å²) in [6.07, 6.45) is 1.77. The summed E-state index contributed by atoms with van der Waals surface area (Å²) < 4.78 is 27.0. The number of fused-ring (bicyclic) bond motifs is 1. The Morgan fingerprint density at radius 1 is 1.05 bits per heavy atom. The molecule has 1 aromatic heterocycles. The van der Waals surface area contributed by atoms with Crippen LogP contribution in [0.4, 0.5) is 5.69 Å². The fourth-order valence-electron chi connectivity index (χ4n) is 2.10. The molecule has 0 unspecified atom stereocenters. The van der Waals surface area contributed by atoms with Crippen LogP contribution in [0.5, 0.6) is 0 Å². The van der Waals surface area contributed by atoms with E-state index in [2.05, 4.69) is 9.71 Å². The van der Waals surface area contributed by atoms with Crippen molar-refractivity contribution in [3.05, 3.63) is 60.3 Å². The van der Waals surface area contributed by atoms with Crippen molar-refractivity contribution in [1.82, 2.24) is 4.98 Å². The zero-order chi connectivity index (χ0) is 15.7. The van der Waals surface area contributed by atoms with Crippen LogP contribution in [0.2, 0.25) is 0 Å². The number of hydrogen-bond donors (Lipinski definition) is 3. The van der Waals surface area contributed by atoms with Gasteiger partial charge in [-0.15, -0.1) is 0 Å². The summed E-state index contributed by atoms with van der Waals surface area (Å²) in [6.45, 7) is 0. The van der Waals surface area contributed by atoms with Crippen molar-refractivity contribution in [1.29, 1.82) is 0 Å². The van der Waals surface area contributed by atoms with E-state index in [0.29, 0.717) is 5.69 Å². The number of aromatic carboxylic acids is 1. The number of rotatable bonds is 4. The molecule has 0 amide bonds. The molecule has 3 N–H and O–H groups in total. The van der Waals surface area contributed by atoms with Gasteiger partial charge in [0.25, 0.3) is 10.0 Å². The average molecular weight is 316 g/mol. The summed E-state index contributed by atoms with van der Waals surface area (Å²) >= 11 is 0. The molecule has 0 bridgehead atoms. The van der Waals surface area contributed by atoms with E-state index in [1.54, 1.807) is 24.4 Å². The molecule has 112 valence electrons. The van der Waals surface area contributed by atoms with Gasteiger partial charge in [-0.3, -0.25) is 4.72 Å². The average Bonchev–Trinajstić information content (AvgIpc) is 2.94. The summed E-state index contributed by atoms with van der Waals surface area (Å²) in [4.78, 5) is 13.8. The molecule has 6 nitrogen and oxygen atoms in total. The van der Waals surface area contributed by atoms with Gasteiger partial charge in [-0.05, 0) is 47.9 Å². The monoisotopic (exact) mass is 316 g/mol. The Morgan fingerprint density at radius 2 is 1.77 bits per heavy atom. The predicted octanol–water partition coefficient (Wildman–Crippen LogP) is 2.67. The lowest BCUT2D eigenvalue weighted by Crippen LogP contribution is -2.13. The molecule has 22 heavy (non-hydrogen) atoms. The van der Waals surface area contributed by atoms with E-state index in [0.717, 1.165) is 10.9 Å². The van der Waals surface area contributed by atoms with Crippen LogP contribution in [0.25, 0.3) is 10.9 Å². The molecule has 0 saturated heterocycles. The standard InChI is InChI=1S/C15H12N2O4S/c18-15(19)11-2-5-13(6-3-11)22(20,21)17-12-4-1-10-7-8-16-14(10)9-12/h1-9,16-17H,(H,18,19). The van der Waals surface area contributed by atoms with Crippen molar-refractivity contribution in [2.75, 3.05) is 4.72 Å². The molecule has 3 aromatic rings. The van der Waals surface area contributed by atoms with Crippen LogP contribution >= 0.6 is 0 Å². The van der Waals surface area contributed by atoms with Gasteiger partial charge in [0.15, 0.2) is 0 Å². The maximum absolute atomic E-state index is 12.3. The maximum Gasteiger partial charge on any atom is 0.335 e. The number of aromatic nitrogens is 1. The van der Waals surface area contributed by atoms with Gasteiger partial charge in [-0.1, -0.05) is 6.07 Å². The highest BCUT2D eigenvalue weighted by Crippen LogP contribution is 2.21. The van der Waals surface area contributed by atoms with Crippen molar-refractivity contribution in [3.8, 4) is 0 Å². The first-order chi connectivity index (χ1) is 10.5. The molecule has 0 radical (unpaired) electrons. The molecule has 0 aliphatic carbocycles. The fraction of sp³-hybridized carbons (Fsp3) is 0. The maximum atomic E-state index is 12.3. The third kappa shape index (κ3) is 2.66. The van der Waals surface area contributed by atoms with Crippen LogP contribution in [0, 0.1) is 0 Å². The van der Waals surface area contributed by atoms with Crippen LogP contribution in [0.1, 0.15) is 10.4 Å². The third-order valence-electron chi connectivity index (χ3n) is 3.22. The van der Waals surface area contributed by atoms with Crippen molar-refractivity contribution >= 4 is 32.6 Å². The number of sulfonamides is 1. The second kappa shape index (κ2) is 5.19. The van der Waals surface area contributed by atoms with Gasteiger partial charge in [-0.2, -0.15) is 0 Å². The molecule has 0 saturated carbocycles. The normalized spacial score (nSPS) is 11.5. The first-order valence-corrected chi connectivity index (χ1v) is 7.87. The number of anilines is 1. The zero-order valence-electron chi connectivity index (χ0n) is 11.3. The molecule has 3 rings (SSSR count). The molecule has 7 heteroatoms.